The van der Waals surface area contributed by atoms with Crippen molar-refractivity contribution in [1.82, 2.24) is 14.9 Å². The second kappa shape index (κ2) is 8.35. The van der Waals surface area contributed by atoms with E-state index in [2.05, 4.69) is 40.6 Å². The zero-order valence-corrected chi connectivity index (χ0v) is 14.6. The topological polar surface area (TPSA) is 48.3 Å². The van der Waals surface area contributed by atoms with E-state index in [-0.39, 0.29) is 0 Å². The smallest absolute Gasteiger partial charge is 0.160 e. The Labute approximate surface area is 148 Å². The molecule has 5 heteroatoms. The molecule has 1 heterocycles. The average Bonchev–Trinajstić information content (AvgIpc) is 3.20. The number of benzene rings is 2. The van der Waals surface area contributed by atoms with Gasteiger partial charge in [-0.25, -0.2) is 4.98 Å². The maximum Gasteiger partial charge on any atom is 0.160 e. The molecule has 0 aliphatic carbocycles. The molecule has 2 aromatic carbocycles. The molecular formula is C20H23N3O2. The first kappa shape index (κ1) is 17.0. The molecule has 1 N–H and O–H groups in total. The zero-order valence-electron chi connectivity index (χ0n) is 14.6. The Hall–Kier alpha value is -2.79. The quantitative estimate of drug-likeness (QED) is 0.641. The van der Waals surface area contributed by atoms with Gasteiger partial charge in [0.05, 0.1) is 20.5 Å². The molecule has 0 fully saturated rings. The van der Waals surface area contributed by atoms with Crippen molar-refractivity contribution < 1.29 is 9.47 Å². The standard InChI is InChI=1S/C20H23N3O2/c1-24-19-8-5-16(13-20(19)25-2)9-10-21-14-17-3-6-18(7-4-17)23-12-11-22-15-23/h3-8,11-13,15,21H,9-10,14H2,1-2H3. The van der Waals surface area contributed by atoms with Crippen molar-refractivity contribution in [3.05, 3.63) is 72.3 Å². The van der Waals surface area contributed by atoms with Crippen molar-refractivity contribution in [2.24, 2.45) is 0 Å². The summed E-state index contributed by atoms with van der Waals surface area (Å²) in [6.45, 7) is 1.75. The monoisotopic (exact) mass is 337 g/mol. The number of nitrogens with one attached hydrogen (secondary N) is 1. The Morgan fingerprint density at radius 3 is 2.40 bits per heavy atom. The fraction of sp³-hybridized carbons (Fsp3) is 0.250. The average molecular weight is 337 g/mol. The van der Waals surface area contributed by atoms with Gasteiger partial charge in [0.1, 0.15) is 0 Å². The number of imidazole rings is 1. The van der Waals surface area contributed by atoms with Gasteiger partial charge in [0.25, 0.3) is 0 Å². The van der Waals surface area contributed by atoms with Crippen molar-refractivity contribution in [3.8, 4) is 17.2 Å². The van der Waals surface area contributed by atoms with Crippen molar-refractivity contribution >= 4 is 0 Å². The van der Waals surface area contributed by atoms with Crippen LogP contribution in [0.4, 0.5) is 0 Å². The number of nitrogens with zero attached hydrogens (tertiary/aromatic N) is 2. The number of ether oxygens (including phenoxy) is 2. The van der Waals surface area contributed by atoms with Gasteiger partial charge in [0, 0.05) is 24.6 Å². The summed E-state index contributed by atoms with van der Waals surface area (Å²) >= 11 is 0. The van der Waals surface area contributed by atoms with Crippen LogP contribution in [0, 0.1) is 0 Å². The summed E-state index contributed by atoms with van der Waals surface area (Å²) in [5, 5.41) is 3.48. The highest BCUT2D eigenvalue weighted by atomic mass is 16.5. The lowest BCUT2D eigenvalue weighted by Gasteiger charge is -2.10. The fourth-order valence-electron chi connectivity index (χ4n) is 2.70. The highest BCUT2D eigenvalue weighted by molar-refractivity contribution is 5.43. The molecule has 1 aromatic heterocycles. The Kier molecular flexibility index (Phi) is 5.69. The van der Waals surface area contributed by atoms with Gasteiger partial charge in [-0.1, -0.05) is 18.2 Å². The van der Waals surface area contributed by atoms with E-state index < -0.39 is 0 Å². The minimum absolute atomic E-state index is 0.761. The van der Waals surface area contributed by atoms with Gasteiger partial charge in [-0.2, -0.15) is 0 Å². The Balaban J connectivity index is 1.48. The molecule has 0 unspecified atom stereocenters. The summed E-state index contributed by atoms with van der Waals surface area (Å²) < 4.78 is 12.6. The molecule has 0 radical (unpaired) electrons. The molecule has 130 valence electrons. The Bertz CT molecular complexity index is 783. The molecule has 0 atom stereocenters. The summed E-state index contributed by atoms with van der Waals surface area (Å²) in [7, 11) is 3.31. The van der Waals surface area contributed by atoms with Crippen LogP contribution < -0.4 is 14.8 Å². The van der Waals surface area contributed by atoms with Crippen LogP contribution in [0.2, 0.25) is 0 Å². The molecule has 0 aliphatic rings. The first-order valence-electron chi connectivity index (χ1n) is 8.29. The van der Waals surface area contributed by atoms with E-state index in [1.54, 1.807) is 26.7 Å². The van der Waals surface area contributed by atoms with Gasteiger partial charge in [-0.3, -0.25) is 0 Å². The van der Waals surface area contributed by atoms with E-state index in [4.69, 9.17) is 9.47 Å². The molecule has 5 nitrogen and oxygen atoms in total. The second-order valence-corrected chi connectivity index (χ2v) is 5.75. The zero-order chi connectivity index (χ0) is 17.5. The normalized spacial score (nSPS) is 10.6. The summed E-state index contributed by atoms with van der Waals surface area (Å²) in [5.41, 5.74) is 3.60. The number of hydrogen-bond acceptors (Lipinski definition) is 4. The van der Waals surface area contributed by atoms with Gasteiger partial charge in [-0.05, 0) is 48.4 Å². The van der Waals surface area contributed by atoms with E-state index >= 15 is 0 Å². The van der Waals surface area contributed by atoms with E-state index in [0.29, 0.717) is 0 Å². The van der Waals surface area contributed by atoms with Crippen molar-refractivity contribution in [2.75, 3.05) is 20.8 Å². The number of rotatable bonds is 8. The van der Waals surface area contributed by atoms with Crippen LogP contribution in [-0.4, -0.2) is 30.3 Å². The van der Waals surface area contributed by atoms with Crippen molar-refractivity contribution in [1.29, 1.82) is 0 Å². The SMILES string of the molecule is COc1ccc(CCNCc2ccc(-n3ccnc3)cc2)cc1OC. The minimum Gasteiger partial charge on any atom is -0.493 e. The molecule has 0 aliphatic heterocycles. The van der Waals surface area contributed by atoms with E-state index in [1.807, 2.05) is 22.9 Å². The van der Waals surface area contributed by atoms with E-state index in [9.17, 15) is 0 Å². The minimum atomic E-state index is 0.761. The van der Waals surface area contributed by atoms with Crippen LogP contribution in [0.5, 0.6) is 11.5 Å². The third-order valence-corrected chi connectivity index (χ3v) is 4.11. The van der Waals surface area contributed by atoms with Gasteiger partial charge in [0.2, 0.25) is 0 Å². The summed E-state index contributed by atoms with van der Waals surface area (Å²) in [4.78, 5) is 4.07. The predicted octanol–water partition coefficient (Wildman–Crippen LogP) is 3.22. The lowest BCUT2D eigenvalue weighted by Crippen LogP contribution is -2.16. The third-order valence-electron chi connectivity index (χ3n) is 4.11. The molecule has 0 spiro atoms. The predicted molar refractivity (Wildman–Crippen MR) is 98.5 cm³/mol. The van der Waals surface area contributed by atoms with Crippen LogP contribution in [0.3, 0.4) is 0 Å². The van der Waals surface area contributed by atoms with Gasteiger partial charge >= 0.3 is 0 Å². The summed E-state index contributed by atoms with van der Waals surface area (Å²) in [6, 6.07) is 14.5. The van der Waals surface area contributed by atoms with E-state index in [0.717, 1.165) is 36.7 Å². The van der Waals surface area contributed by atoms with Crippen LogP contribution in [-0.2, 0) is 13.0 Å². The maximum absolute atomic E-state index is 5.34. The highest BCUT2D eigenvalue weighted by Gasteiger charge is 2.04. The molecule has 0 saturated heterocycles. The molecule has 3 rings (SSSR count). The molecule has 0 amide bonds. The van der Waals surface area contributed by atoms with Crippen molar-refractivity contribution in [3.63, 3.8) is 0 Å². The van der Waals surface area contributed by atoms with Gasteiger partial charge in [0.15, 0.2) is 11.5 Å². The highest BCUT2D eigenvalue weighted by Crippen LogP contribution is 2.27. The van der Waals surface area contributed by atoms with Crippen LogP contribution in [0.25, 0.3) is 5.69 Å². The Morgan fingerprint density at radius 1 is 0.960 bits per heavy atom. The Morgan fingerprint density at radius 2 is 1.72 bits per heavy atom. The first-order chi connectivity index (χ1) is 12.3. The lowest BCUT2D eigenvalue weighted by molar-refractivity contribution is 0.354. The second-order valence-electron chi connectivity index (χ2n) is 5.75. The largest absolute Gasteiger partial charge is 0.493 e. The van der Waals surface area contributed by atoms with Gasteiger partial charge < -0.3 is 19.4 Å². The van der Waals surface area contributed by atoms with Crippen LogP contribution in [0.15, 0.2) is 61.2 Å². The molecule has 0 bridgehead atoms. The molecule has 3 aromatic rings. The van der Waals surface area contributed by atoms with E-state index in [1.165, 1.54) is 11.1 Å². The summed E-state index contributed by atoms with van der Waals surface area (Å²) in [6.07, 6.45) is 6.46. The number of methoxy groups -OCH3 is 2. The molecule has 0 saturated carbocycles. The maximum atomic E-state index is 5.34. The van der Waals surface area contributed by atoms with Crippen LogP contribution in [0.1, 0.15) is 11.1 Å². The molecule has 25 heavy (non-hydrogen) atoms. The van der Waals surface area contributed by atoms with Gasteiger partial charge in [-0.15, -0.1) is 0 Å². The fourth-order valence-corrected chi connectivity index (χ4v) is 2.70. The first-order valence-corrected chi connectivity index (χ1v) is 8.29. The lowest BCUT2D eigenvalue weighted by atomic mass is 10.1. The summed E-state index contributed by atoms with van der Waals surface area (Å²) in [5.74, 6) is 1.53. The number of aromatic nitrogens is 2. The van der Waals surface area contributed by atoms with Crippen LogP contribution >= 0.6 is 0 Å². The third kappa shape index (κ3) is 4.39. The number of hydrogen-bond donors (Lipinski definition) is 1. The van der Waals surface area contributed by atoms with Crippen molar-refractivity contribution in [2.45, 2.75) is 13.0 Å². The molecular weight excluding hydrogens is 314 g/mol.